The van der Waals surface area contributed by atoms with E-state index in [9.17, 15) is 4.79 Å². The van der Waals surface area contributed by atoms with Crippen LogP contribution in [0.1, 0.15) is 23.6 Å². The van der Waals surface area contributed by atoms with Gasteiger partial charge in [-0.05, 0) is 43.7 Å². The van der Waals surface area contributed by atoms with E-state index in [0.29, 0.717) is 27.0 Å². The first kappa shape index (κ1) is 22.4. The maximum absolute atomic E-state index is 13.5. The molecule has 1 aliphatic rings. The van der Waals surface area contributed by atoms with E-state index in [4.69, 9.17) is 28.9 Å². The number of nitrogens with one attached hydrogen (secondary N) is 1. The van der Waals surface area contributed by atoms with Crippen LogP contribution in [0.3, 0.4) is 0 Å². The first-order valence-corrected chi connectivity index (χ1v) is 11.6. The number of nitrogens with two attached hydrogens (primary N) is 1. The van der Waals surface area contributed by atoms with Crippen molar-refractivity contribution < 1.29 is 4.79 Å². The van der Waals surface area contributed by atoms with Crippen LogP contribution in [-0.4, -0.2) is 16.2 Å². The van der Waals surface area contributed by atoms with Crippen LogP contribution in [0.4, 0.5) is 11.4 Å². The number of nitrogens with zero attached hydrogens (tertiary/aromatic N) is 1. The lowest BCUT2D eigenvalue weighted by molar-refractivity contribution is -0.129. The molecule has 1 heterocycles. The first-order chi connectivity index (χ1) is 15.3. The Labute approximate surface area is 202 Å². The van der Waals surface area contributed by atoms with Crippen LogP contribution in [0.2, 0.25) is 10.0 Å². The molecule has 2 atom stereocenters. The molecular formula is C25H21Cl2N3OS. The molecule has 0 bridgehead atoms. The van der Waals surface area contributed by atoms with Crippen LogP contribution in [0.15, 0.2) is 66.7 Å². The predicted molar refractivity (Wildman–Crippen MR) is 135 cm³/mol. The molecule has 0 spiro atoms. The summed E-state index contributed by atoms with van der Waals surface area (Å²) >= 11 is 14.2. The number of halogens is 2. The van der Waals surface area contributed by atoms with Gasteiger partial charge in [0.1, 0.15) is 10.1 Å². The van der Waals surface area contributed by atoms with E-state index in [1.54, 1.807) is 29.3 Å². The van der Waals surface area contributed by atoms with Gasteiger partial charge in [0.25, 0.3) is 5.91 Å². The van der Waals surface area contributed by atoms with Crippen LogP contribution in [0, 0.1) is 18.8 Å². The molecule has 32 heavy (non-hydrogen) atoms. The number of thioether (sulfide) groups is 1. The molecule has 0 aromatic heterocycles. The molecule has 1 aliphatic heterocycles. The zero-order valence-electron chi connectivity index (χ0n) is 17.5. The number of benzene rings is 3. The quantitative estimate of drug-likeness (QED) is 0.351. The van der Waals surface area contributed by atoms with Crippen molar-refractivity contribution in [1.82, 2.24) is 5.01 Å². The molecule has 0 aliphatic carbocycles. The number of anilines is 2. The summed E-state index contributed by atoms with van der Waals surface area (Å²) in [5, 5.41) is 1.82. The maximum Gasteiger partial charge on any atom is 0.267 e. The largest absolute Gasteiger partial charge is 0.398 e. The fourth-order valence-corrected chi connectivity index (χ4v) is 5.22. The second kappa shape index (κ2) is 8.99. The summed E-state index contributed by atoms with van der Waals surface area (Å²) in [6.07, 6.45) is 0. The minimum Gasteiger partial charge on any atom is -0.398 e. The Kier molecular flexibility index (Phi) is 6.30. The summed E-state index contributed by atoms with van der Waals surface area (Å²) in [6.45, 7) is 4.01. The third-order valence-corrected chi connectivity index (χ3v) is 7.35. The first-order valence-electron chi connectivity index (χ1n) is 9.95. The highest BCUT2D eigenvalue weighted by atomic mass is 35.5. The average molecular weight is 482 g/mol. The number of nitrogen functional groups attached to an aromatic ring is 1. The standard InChI is InChI=1S/C25H21Cl2N3OS/c1-16-10-13-18(14-11-16)25(2)30(29-23-19(26)7-5-8-20(23)27)24(31)22(32-25)15-12-17-6-3-4-9-21(17)28/h3-11,13-14,22,29H,28H2,1-2H3. The van der Waals surface area contributed by atoms with Crippen LogP contribution in [0.5, 0.6) is 0 Å². The Bertz CT molecular complexity index is 1220. The van der Waals surface area contributed by atoms with Crippen molar-refractivity contribution in [2.45, 2.75) is 24.0 Å². The second-order valence-electron chi connectivity index (χ2n) is 7.59. The van der Waals surface area contributed by atoms with Crippen LogP contribution < -0.4 is 11.2 Å². The van der Waals surface area contributed by atoms with Crippen molar-refractivity contribution in [3.8, 4) is 11.8 Å². The molecule has 162 valence electrons. The number of amides is 1. The third-order valence-electron chi connectivity index (χ3n) is 5.29. The number of carbonyl (C=O) groups is 1. The van der Waals surface area contributed by atoms with E-state index in [-0.39, 0.29) is 5.91 Å². The van der Waals surface area contributed by atoms with E-state index in [1.807, 2.05) is 56.3 Å². The summed E-state index contributed by atoms with van der Waals surface area (Å²) in [6, 6.07) is 20.6. The Morgan fingerprint density at radius 1 is 1.03 bits per heavy atom. The molecular weight excluding hydrogens is 461 g/mol. The van der Waals surface area contributed by atoms with Gasteiger partial charge in [-0.3, -0.25) is 10.2 Å². The topological polar surface area (TPSA) is 58.4 Å². The minimum atomic E-state index is -0.741. The molecule has 3 aromatic carbocycles. The third kappa shape index (κ3) is 4.27. The van der Waals surface area contributed by atoms with Gasteiger partial charge in [0.15, 0.2) is 0 Å². The molecule has 2 unspecified atom stereocenters. The van der Waals surface area contributed by atoms with Crippen molar-refractivity contribution >= 4 is 52.2 Å². The summed E-state index contributed by atoms with van der Waals surface area (Å²) in [7, 11) is 0. The monoisotopic (exact) mass is 481 g/mol. The van der Waals surface area contributed by atoms with Gasteiger partial charge < -0.3 is 5.73 Å². The van der Waals surface area contributed by atoms with E-state index in [2.05, 4.69) is 17.3 Å². The Morgan fingerprint density at radius 2 is 1.69 bits per heavy atom. The fourth-order valence-electron chi connectivity index (χ4n) is 3.44. The highest BCUT2D eigenvalue weighted by Gasteiger charge is 2.50. The smallest absolute Gasteiger partial charge is 0.267 e. The molecule has 1 fully saturated rings. The van der Waals surface area contributed by atoms with Gasteiger partial charge in [-0.15, -0.1) is 11.8 Å². The van der Waals surface area contributed by atoms with Crippen molar-refractivity contribution in [2.24, 2.45) is 0 Å². The van der Waals surface area contributed by atoms with Crippen molar-refractivity contribution in [3.05, 3.63) is 93.5 Å². The zero-order chi connectivity index (χ0) is 22.9. The molecule has 4 rings (SSSR count). The summed E-state index contributed by atoms with van der Waals surface area (Å²) in [5.41, 5.74) is 13.0. The van der Waals surface area contributed by atoms with Crippen LogP contribution in [0.25, 0.3) is 0 Å². The number of carbonyl (C=O) groups excluding carboxylic acids is 1. The van der Waals surface area contributed by atoms with Gasteiger partial charge >= 0.3 is 0 Å². The number of hydrazine groups is 1. The molecule has 1 saturated heterocycles. The normalized spacial score (nSPS) is 20.1. The number of hydrogen-bond acceptors (Lipinski definition) is 4. The molecule has 3 N–H and O–H groups in total. The SMILES string of the molecule is Cc1ccc(C2(C)SC(C#Cc3ccccc3N)C(=O)N2Nc2c(Cl)cccc2Cl)cc1. The summed E-state index contributed by atoms with van der Waals surface area (Å²) in [4.78, 5) is 12.8. The lowest BCUT2D eigenvalue weighted by Gasteiger charge is -2.35. The lowest BCUT2D eigenvalue weighted by Crippen LogP contribution is -2.44. The molecule has 4 nitrogen and oxygen atoms in total. The van der Waals surface area contributed by atoms with Gasteiger partial charge in [-0.2, -0.15) is 0 Å². The molecule has 7 heteroatoms. The Morgan fingerprint density at radius 3 is 2.34 bits per heavy atom. The van der Waals surface area contributed by atoms with Gasteiger partial charge in [0.05, 0.1) is 15.7 Å². The van der Waals surface area contributed by atoms with Crippen LogP contribution >= 0.6 is 35.0 Å². The van der Waals surface area contributed by atoms with Gasteiger partial charge in [0.2, 0.25) is 0 Å². The zero-order valence-corrected chi connectivity index (χ0v) is 19.9. The van der Waals surface area contributed by atoms with Crippen molar-refractivity contribution in [3.63, 3.8) is 0 Å². The Hall–Kier alpha value is -2.78. The number of rotatable bonds is 3. The predicted octanol–water partition coefficient (Wildman–Crippen LogP) is 6.08. The molecule has 0 radical (unpaired) electrons. The summed E-state index contributed by atoms with van der Waals surface area (Å²) < 4.78 is 0. The van der Waals surface area contributed by atoms with E-state index in [1.165, 1.54) is 11.8 Å². The van der Waals surface area contributed by atoms with E-state index < -0.39 is 10.1 Å². The van der Waals surface area contributed by atoms with E-state index >= 15 is 0 Å². The highest BCUT2D eigenvalue weighted by molar-refractivity contribution is 8.02. The van der Waals surface area contributed by atoms with Gasteiger partial charge in [-0.1, -0.05) is 83.1 Å². The van der Waals surface area contributed by atoms with Crippen molar-refractivity contribution in [1.29, 1.82) is 0 Å². The average Bonchev–Trinajstić information content (AvgIpc) is 3.01. The highest BCUT2D eigenvalue weighted by Crippen LogP contribution is 2.49. The summed E-state index contributed by atoms with van der Waals surface area (Å²) in [5.74, 6) is 5.99. The van der Waals surface area contributed by atoms with Gasteiger partial charge in [-0.25, -0.2) is 5.01 Å². The van der Waals surface area contributed by atoms with E-state index in [0.717, 1.165) is 11.1 Å². The van der Waals surface area contributed by atoms with Crippen molar-refractivity contribution in [2.75, 3.05) is 11.2 Å². The second-order valence-corrected chi connectivity index (χ2v) is 9.90. The lowest BCUT2D eigenvalue weighted by atomic mass is 10.1. The molecule has 0 saturated carbocycles. The van der Waals surface area contributed by atoms with Crippen LogP contribution in [-0.2, 0) is 9.67 Å². The fraction of sp³-hybridized carbons (Fsp3) is 0.160. The number of aryl methyl sites for hydroxylation is 1. The maximum atomic E-state index is 13.5. The number of para-hydroxylation sites is 2. The molecule has 3 aromatic rings. The van der Waals surface area contributed by atoms with Gasteiger partial charge in [0, 0.05) is 11.3 Å². The molecule has 1 amide bonds. The number of hydrogen-bond donors (Lipinski definition) is 2. The minimum absolute atomic E-state index is 0.184. The Balaban J connectivity index is 1.75.